The maximum atomic E-state index is 11.6. The molecule has 1 aliphatic carbocycles. The van der Waals surface area contributed by atoms with Crippen LogP contribution in [0.3, 0.4) is 0 Å². The highest BCUT2D eigenvalue weighted by molar-refractivity contribution is 7.94. The predicted molar refractivity (Wildman–Crippen MR) is 89.2 cm³/mol. The summed E-state index contributed by atoms with van der Waals surface area (Å²) in [5, 5.41) is 11.0. The first-order valence-corrected chi connectivity index (χ1v) is 8.54. The summed E-state index contributed by atoms with van der Waals surface area (Å²) >= 11 is 1.02. The zero-order chi connectivity index (χ0) is 16.8. The molecule has 23 heavy (non-hydrogen) atoms. The summed E-state index contributed by atoms with van der Waals surface area (Å²) in [5.41, 5.74) is 6.94. The van der Waals surface area contributed by atoms with Crippen molar-refractivity contribution in [1.82, 2.24) is 0 Å². The number of aryl methyl sites for hydroxylation is 1. The first-order chi connectivity index (χ1) is 11.0. The number of hydrogen-bond donors (Lipinski definition) is 1. The molecule has 0 heterocycles. The quantitative estimate of drug-likeness (QED) is 0.304. The van der Waals surface area contributed by atoms with Gasteiger partial charge in [-0.3, -0.25) is 14.9 Å². The van der Waals surface area contributed by atoms with Gasteiger partial charge in [0.2, 0.25) is 0 Å². The van der Waals surface area contributed by atoms with Crippen LogP contribution in [0.15, 0.2) is 23.1 Å². The molecule has 0 aromatic heterocycles. The van der Waals surface area contributed by atoms with E-state index in [0.29, 0.717) is 17.9 Å². The van der Waals surface area contributed by atoms with Gasteiger partial charge in [-0.25, -0.2) is 0 Å². The average molecular weight is 338 g/mol. The van der Waals surface area contributed by atoms with Crippen molar-refractivity contribution in [2.45, 2.75) is 50.0 Å². The van der Waals surface area contributed by atoms with Crippen molar-refractivity contribution in [3.8, 4) is 0 Å². The van der Waals surface area contributed by atoms with Gasteiger partial charge in [0.25, 0.3) is 5.69 Å². The molecule has 0 unspecified atom stereocenters. The zero-order valence-electron chi connectivity index (χ0n) is 13.2. The number of rotatable bonds is 10. The molecule has 0 saturated heterocycles. The van der Waals surface area contributed by atoms with Gasteiger partial charge in [0.15, 0.2) is 0 Å². The van der Waals surface area contributed by atoms with E-state index in [0.717, 1.165) is 43.3 Å². The van der Waals surface area contributed by atoms with E-state index in [1.807, 2.05) is 6.92 Å². The highest BCUT2D eigenvalue weighted by Gasteiger charge is 2.29. The summed E-state index contributed by atoms with van der Waals surface area (Å²) in [6.45, 7) is 2.32. The lowest BCUT2D eigenvalue weighted by Crippen LogP contribution is -2.24. The predicted octanol–water partition coefficient (Wildman–Crippen LogP) is 3.40. The minimum atomic E-state index is -0.412. The monoisotopic (exact) mass is 338 g/mol. The van der Waals surface area contributed by atoms with Gasteiger partial charge in [-0.2, -0.15) is 0 Å². The third-order valence-corrected chi connectivity index (χ3v) is 4.55. The van der Waals surface area contributed by atoms with Crippen molar-refractivity contribution in [1.29, 1.82) is 0 Å². The van der Waals surface area contributed by atoms with Crippen molar-refractivity contribution in [3.05, 3.63) is 33.9 Å². The van der Waals surface area contributed by atoms with E-state index in [-0.39, 0.29) is 23.4 Å². The fourth-order valence-corrected chi connectivity index (χ4v) is 3.07. The highest BCUT2D eigenvalue weighted by atomic mass is 32.2. The molecule has 1 saturated carbocycles. The summed E-state index contributed by atoms with van der Waals surface area (Å²) in [7, 11) is 0. The van der Waals surface area contributed by atoms with E-state index in [4.69, 9.17) is 9.92 Å². The Morgan fingerprint density at radius 3 is 2.91 bits per heavy atom. The molecule has 126 valence electrons. The average Bonchev–Trinajstić information content (AvgIpc) is 3.31. The Kier molecular flexibility index (Phi) is 6.56. The van der Waals surface area contributed by atoms with Crippen LogP contribution >= 0.6 is 12.0 Å². The van der Waals surface area contributed by atoms with Crippen LogP contribution in [0.4, 0.5) is 5.69 Å². The van der Waals surface area contributed by atoms with Gasteiger partial charge < -0.3 is 9.92 Å². The lowest BCUT2D eigenvalue weighted by atomic mass is 10.0. The van der Waals surface area contributed by atoms with E-state index < -0.39 is 4.92 Å². The van der Waals surface area contributed by atoms with E-state index in [1.54, 1.807) is 12.1 Å². The molecule has 1 aromatic rings. The van der Waals surface area contributed by atoms with Crippen molar-refractivity contribution < 1.29 is 13.9 Å². The Bertz CT molecular complexity index is 575. The highest BCUT2D eigenvalue weighted by Crippen LogP contribution is 2.32. The van der Waals surface area contributed by atoms with Crippen LogP contribution in [-0.2, 0) is 8.98 Å². The van der Waals surface area contributed by atoms with Gasteiger partial charge in [-0.1, -0.05) is 6.07 Å². The molecular formula is C16H22N2O4S. The summed E-state index contributed by atoms with van der Waals surface area (Å²) in [6, 6.07) is 4.81. The summed E-state index contributed by atoms with van der Waals surface area (Å²) < 4.78 is 5.45. The molecule has 1 fully saturated rings. The molecule has 0 spiro atoms. The number of nitro benzene ring substituents is 1. The van der Waals surface area contributed by atoms with Crippen LogP contribution in [0.5, 0.6) is 0 Å². The number of carbonyl (C=O) groups excluding carboxylic acids is 1. The molecule has 1 aromatic carbocycles. The molecule has 2 N–H and O–H groups in total. The third-order valence-electron chi connectivity index (χ3n) is 3.76. The molecule has 2 rings (SSSR count). The van der Waals surface area contributed by atoms with Crippen LogP contribution in [0.1, 0.15) is 37.7 Å². The normalized spacial score (nSPS) is 15.4. The fraction of sp³-hybridized carbons (Fsp3) is 0.562. The Balaban J connectivity index is 1.68. The lowest BCUT2D eigenvalue weighted by Gasteiger charge is -2.10. The fourth-order valence-electron chi connectivity index (χ4n) is 2.28. The van der Waals surface area contributed by atoms with Crippen LogP contribution in [0, 0.1) is 23.0 Å². The minimum Gasteiger partial charge on any atom is -0.327 e. The summed E-state index contributed by atoms with van der Waals surface area (Å²) in [6.07, 6.45) is 3.92. The second-order valence-corrected chi connectivity index (χ2v) is 6.82. The summed E-state index contributed by atoms with van der Waals surface area (Å²) in [5.74, 6) is 0.540. The van der Waals surface area contributed by atoms with Gasteiger partial charge >= 0.3 is 0 Å². The van der Waals surface area contributed by atoms with Gasteiger partial charge in [0, 0.05) is 36.5 Å². The van der Waals surface area contributed by atoms with E-state index in [1.165, 1.54) is 6.07 Å². The van der Waals surface area contributed by atoms with E-state index in [2.05, 4.69) is 0 Å². The van der Waals surface area contributed by atoms with Gasteiger partial charge in [-0.15, -0.1) is 0 Å². The molecule has 0 amide bonds. The number of benzene rings is 1. The molecule has 0 bridgehead atoms. The van der Waals surface area contributed by atoms with Gasteiger partial charge in [0.05, 0.1) is 11.5 Å². The lowest BCUT2D eigenvalue weighted by molar-refractivity contribution is -0.387. The molecule has 1 aliphatic rings. The Morgan fingerprint density at radius 1 is 1.52 bits per heavy atom. The van der Waals surface area contributed by atoms with Crippen molar-refractivity contribution in [2.75, 3.05) is 6.61 Å². The Morgan fingerprint density at radius 2 is 2.26 bits per heavy atom. The number of ketones is 1. The topological polar surface area (TPSA) is 95.5 Å². The molecule has 0 radical (unpaired) electrons. The first kappa shape index (κ1) is 17.9. The molecule has 6 nitrogen and oxygen atoms in total. The van der Waals surface area contributed by atoms with E-state index in [9.17, 15) is 14.9 Å². The van der Waals surface area contributed by atoms with Crippen LogP contribution in [-0.4, -0.2) is 23.4 Å². The van der Waals surface area contributed by atoms with Crippen LogP contribution < -0.4 is 5.73 Å². The molecule has 0 aliphatic heterocycles. The number of hydrogen-bond acceptors (Lipinski definition) is 6. The van der Waals surface area contributed by atoms with E-state index >= 15 is 0 Å². The maximum Gasteiger partial charge on any atom is 0.285 e. The van der Waals surface area contributed by atoms with Crippen molar-refractivity contribution in [3.63, 3.8) is 0 Å². The van der Waals surface area contributed by atoms with Gasteiger partial charge in [0.1, 0.15) is 10.7 Å². The summed E-state index contributed by atoms with van der Waals surface area (Å²) in [4.78, 5) is 22.7. The minimum absolute atomic E-state index is 0.0485. The number of nitrogens with zero attached hydrogens (tertiary/aromatic N) is 1. The number of carbonyl (C=O) groups is 1. The van der Waals surface area contributed by atoms with Gasteiger partial charge in [-0.05, 0) is 44.2 Å². The van der Waals surface area contributed by atoms with Crippen molar-refractivity contribution >= 4 is 23.5 Å². The second kappa shape index (κ2) is 8.42. The largest absolute Gasteiger partial charge is 0.327 e. The maximum absolute atomic E-state index is 11.6. The number of nitrogens with two attached hydrogens (primary N) is 1. The number of Topliss-reactive ketones (excluding diaryl/α,β-unsaturated/α-hetero) is 1. The first-order valence-electron chi connectivity index (χ1n) is 7.80. The Labute approximate surface area is 140 Å². The standard InChI is InChI=1S/C16H22N2O4S/c1-11-4-7-14(18(20)21)16(9-11)23-22-8-2-3-13(17)10-15(19)12-5-6-12/h4,7,9,12-13H,2-3,5-6,8,10,17H2,1H3/t13-/m1/s1. The SMILES string of the molecule is Cc1ccc([N+](=O)[O-])c(SOCCC[C@@H](N)CC(=O)C2CC2)c1. The smallest absolute Gasteiger partial charge is 0.285 e. The van der Waals surface area contributed by atoms with Crippen molar-refractivity contribution in [2.24, 2.45) is 11.7 Å². The Hall–Kier alpha value is -1.44. The molecular weight excluding hydrogens is 316 g/mol. The number of nitro groups is 1. The molecule has 1 atom stereocenters. The van der Waals surface area contributed by atoms with Crippen LogP contribution in [0.2, 0.25) is 0 Å². The second-order valence-electron chi connectivity index (χ2n) is 5.98. The van der Waals surface area contributed by atoms with Crippen LogP contribution in [0.25, 0.3) is 0 Å². The third kappa shape index (κ3) is 5.93. The zero-order valence-corrected chi connectivity index (χ0v) is 14.0. The molecule has 7 heteroatoms.